The van der Waals surface area contributed by atoms with Gasteiger partial charge in [-0.05, 0) is 31.4 Å². The zero-order valence-corrected chi connectivity index (χ0v) is 10.4. The van der Waals surface area contributed by atoms with Crippen LogP contribution >= 0.6 is 15.9 Å². The summed E-state index contributed by atoms with van der Waals surface area (Å²) in [6.45, 7) is 5.78. The second-order valence-electron chi connectivity index (χ2n) is 3.58. The number of ketones is 1. The van der Waals surface area contributed by atoms with Gasteiger partial charge >= 0.3 is 0 Å². The third-order valence-corrected chi connectivity index (χ3v) is 3.39. The molecule has 1 aromatic rings. The highest BCUT2D eigenvalue weighted by Gasteiger charge is 2.12. The topological polar surface area (TPSA) is 17.1 Å². The Kier molecular flexibility index (Phi) is 3.87. The van der Waals surface area contributed by atoms with Crippen molar-refractivity contribution in [3.63, 3.8) is 0 Å². The molecule has 1 aromatic carbocycles. The molecule has 2 heteroatoms. The molecule has 1 rings (SSSR count). The molecule has 0 fully saturated rings. The van der Waals surface area contributed by atoms with Crippen molar-refractivity contribution in [2.45, 2.75) is 32.0 Å². The van der Waals surface area contributed by atoms with Crippen LogP contribution in [0.15, 0.2) is 18.2 Å². The summed E-state index contributed by atoms with van der Waals surface area (Å²) in [5.41, 5.74) is 3.56. The van der Waals surface area contributed by atoms with Gasteiger partial charge in [-0.3, -0.25) is 4.79 Å². The second kappa shape index (κ2) is 4.74. The van der Waals surface area contributed by atoms with Gasteiger partial charge in [0.2, 0.25) is 0 Å². The molecule has 0 saturated heterocycles. The molecule has 0 aromatic heterocycles. The molecule has 0 aliphatic carbocycles. The first kappa shape index (κ1) is 11.4. The third kappa shape index (κ3) is 2.68. The number of aryl methyl sites for hydroxylation is 2. The van der Waals surface area contributed by atoms with Crippen LogP contribution in [-0.2, 0) is 11.2 Å². The zero-order chi connectivity index (χ0) is 10.7. The Balaban J connectivity index is 3.08. The Bertz CT molecular complexity index is 344. The fourth-order valence-corrected chi connectivity index (χ4v) is 1.74. The SMILES string of the molecule is CCc1cc(C)cc(C(Br)C(C)=O)c1. The lowest BCUT2D eigenvalue weighted by Crippen LogP contribution is -2.02. The van der Waals surface area contributed by atoms with Crippen molar-refractivity contribution in [1.29, 1.82) is 0 Å². The van der Waals surface area contributed by atoms with Gasteiger partial charge in [-0.15, -0.1) is 0 Å². The van der Waals surface area contributed by atoms with Crippen molar-refractivity contribution >= 4 is 21.7 Å². The molecule has 1 atom stereocenters. The molecule has 1 unspecified atom stereocenters. The molecule has 0 aliphatic rings. The van der Waals surface area contributed by atoms with E-state index in [-0.39, 0.29) is 10.6 Å². The van der Waals surface area contributed by atoms with E-state index in [2.05, 4.69) is 48.0 Å². The minimum atomic E-state index is -0.160. The number of halogens is 1. The quantitative estimate of drug-likeness (QED) is 0.754. The maximum Gasteiger partial charge on any atom is 0.147 e. The van der Waals surface area contributed by atoms with E-state index in [1.165, 1.54) is 11.1 Å². The predicted molar refractivity (Wildman–Crippen MR) is 62.9 cm³/mol. The summed E-state index contributed by atoms with van der Waals surface area (Å²) in [7, 11) is 0. The molecule has 0 aliphatic heterocycles. The van der Waals surface area contributed by atoms with Gasteiger partial charge in [0.25, 0.3) is 0 Å². The average molecular weight is 255 g/mol. The second-order valence-corrected chi connectivity index (χ2v) is 4.49. The molecule has 0 spiro atoms. The highest BCUT2D eigenvalue weighted by molar-refractivity contribution is 9.09. The van der Waals surface area contributed by atoms with E-state index in [1.807, 2.05) is 0 Å². The summed E-state index contributed by atoms with van der Waals surface area (Å²) in [5.74, 6) is 0.151. The number of hydrogen-bond donors (Lipinski definition) is 0. The van der Waals surface area contributed by atoms with Crippen LogP contribution < -0.4 is 0 Å². The standard InChI is InChI=1S/C12H15BrO/c1-4-10-5-8(2)6-11(7-10)12(13)9(3)14/h5-7,12H,4H2,1-3H3. The third-order valence-electron chi connectivity index (χ3n) is 2.22. The lowest BCUT2D eigenvalue weighted by molar-refractivity contribution is -0.116. The molecule has 0 saturated carbocycles. The highest BCUT2D eigenvalue weighted by atomic mass is 79.9. The number of Topliss-reactive ketones (excluding diaryl/α,β-unsaturated/α-hetero) is 1. The number of carbonyl (C=O) groups is 1. The van der Waals surface area contributed by atoms with Gasteiger partial charge in [0.15, 0.2) is 0 Å². The first-order valence-electron chi connectivity index (χ1n) is 4.79. The van der Waals surface area contributed by atoms with E-state index in [9.17, 15) is 4.79 Å². The lowest BCUT2D eigenvalue weighted by Gasteiger charge is -2.09. The van der Waals surface area contributed by atoms with E-state index in [0.717, 1.165) is 12.0 Å². The van der Waals surface area contributed by atoms with Gasteiger partial charge < -0.3 is 0 Å². The number of rotatable bonds is 3. The molecular weight excluding hydrogens is 240 g/mol. The minimum Gasteiger partial charge on any atom is -0.298 e. The van der Waals surface area contributed by atoms with E-state index in [1.54, 1.807) is 6.92 Å². The largest absolute Gasteiger partial charge is 0.298 e. The van der Waals surface area contributed by atoms with Crippen molar-refractivity contribution in [2.24, 2.45) is 0 Å². The maximum absolute atomic E-state index is 11.2. The van der Waals surface area contributed by atoms with Crippen LogP contribution in [0.1, 0.15) is 35.4 Å². The molecule has 0 bridgehead atoms. The summed E-state index contributed by atoms with van der Waals surface area (Å²) in [5, 5.41) is 0. The predicted octanol–water partition coefficient (Wildman–Crippen LogP) is 3.58. The number of benzene rings is 1. The molecule has 76 valence electrons. The molecule has 0 amide bonds. The van der Waals surface area contributed by atoms with Crippen molar-refractivity contribution < 1.29 is 4.79 Å². The van der Waals surface area contributed by atoms with Crippen LogP contribution in [0, 0.1) is 6.92 Å². The van der Waals surface area contributed by atoms with Gasteiger partial charge in [-0.25, -0.2) is 0 Å². The zero-order valence-electron chi connectivity index (χ0n) is 8.80. The molecule has 14 heavy (non-hydrogen) atoms. The smallest absolute Gasteiger partial charge is 0.147 e. The van der Waals surface area contributed by atoms with E-state index >= 15 is 0 Å². The Morgan fingerprint density at radius 1 is 1.43 bits per heavy atom. The average Bonchev–Trinajstić information content (AvgIpc) is 2.15. The van der Waals surface area contributed by atoms with Crippen LogP contribution in [0.5, 0.6) is 0 Å². The Morgan fingerprint density at radius 2 is 2.07 bits per heavy atom. The lowest BCUT2D eigenvalue weighted by atomic mass is 10.0. The Hall–Kier alpha value is -0.630. The summed E-state index contributed by atoms with van der Waals surface area (Å²) in [6, 6.07) is 6.30. The van der Waals surface area contributed by atoms with Gasteiger partial charge in [0.05, 0.1) is 4.83 Å². The molecule has 0 heterocycles. The number of carbonyl (C=O) groups excluding carboxylic acids is 1. The molecule has 1 nitrogen and oxygen atoms in total. The van der Waals surface area contributed by atoms with E-state index < -0.39 is 0 Å². The summed E-state index contributed by atoms with van der Waals surface area (Å²) >= 11 is 3.40. The van der Waals surface area contributed by atoms with Gasteiger partial charge in [-0.1, -0.05) is 46.6 Å². The molecular formula is C12H15BrO. The van der Waals surface area contributed by atoms with Crippen LogP contribution in [0.3, 0.4) is 0 Å². The van der Waals surface area contributed by atoms with Gasteiger partial charge in [-0.2, -0.15) is 0 Å². The minimum absolute atomic E-state index is 0.151. The van der Waals surface area contributed by atoms with Crippen LogP contribution in [0.25, 0.3) is 0 Å². The van der Waals surface area contributed by atoms with Crippen molar-refractivity contribution in [2.75, 3.05) is 0 Å². The van der Waals surface area contributed by atoms with Gasteiger partial charge in [0.1, 0.15) is 5.78 Å². The summed E-state index contributed by atoms with van der Waals surface area (Å²) in [4.78, 5) is 11.0. The summed E-state index contributed by atoms with van der Waals surface area (Å²) in [6.07, 6.45) is 1.01. The van der Waals surface area contributed by atoms with Crippen LogP contribution in [-0.4, -0.2) is 5.78 Å². The maximum atomic E-state index is 11.2. The number of hydrogen-bond acceptors (Lipinski definition) is 1. The van der Waals surface area contributed by atoms with E-state index in [0.29, 0.717) is 0 Å². The van der Waals surface area contributed by atoms with E-state index in [4.69, 9.17) is 0 Å². The Labute approximate surface area is 93.7 Å². The van der Waals surface area contributed by atoms with Crippen molar-refractivity contribution in [3.8, 4) is 0 Å². The highest BCUT2D eigenvalue weighted by Crippen LogP contribution is 2.25. The first-order chi connectivity index (χ1) is 6.54. The van der Waals surface area contributed by atoms with Crippen LogP contribution in [0.2, 0.25) is 0 Å². The van der Waals surface area contributed by atoms with Crippen LogP contribution in [0.4, 0.5) is 0 Å². The normalized spacial score (nSPS) is 12.6. The molecule has 0 radical (unpaired) electrons. The van der Waals surface area contributed by atoms with Gasteiger partial charge in [0, 0.05) is 0 Å². The fourth-order valence-electron chi connectivity index (χ4n) is 1.48. The Morgan fingerprint density at radius 3 is 2.57 bits per heavy atom. The fraction of sp³-hybridized carbons (Fsp3) is 0.417. The summed E-state index contributed by atoms with van der Waals surface area (Å²) < 4.78 is 0. The van der Waals surface area contributed by atoms with Crippen molar-refractivity contribution in [1.82, 2.24) is 0 Å². The van der Waals surface area contributed by atoms with Crippen molar-refractivity contribution in [3.05, 3.63) is 34.9 Å². The number of alkyl halides is 1. The molecule has 0 N–H and O–H groups in total. The monoisotopic (exact) mass is 254 g/mol. The first-order valence-corrected chi connectivity index (χ1v) is 5.71.